The third-order valence-electron chi connectivity index (χ3n) is 5.17. The molecular formula is C24H27BrN4O2. The number of aromatic nitrogens is 2. The number of halogens is 1. The van der Waals surface area contributed by atoms with Gasteiger partial charge >= 0.3 is 0 Å². The second-order valence-electron chi connectivity index (χ2n) is 7.73. The third-order valence-corrected chi connectivity index (χ3v) is 5.70. The van der Waals surface area contributed by atoms with Crippen molar-refractivity contribution in [3.63, 3.8) is 0 Å². The van der Waals surface area contributed by atoms with E-state index in [2.05, 4.69) is 26.3 Å². The van der Waals surface area contributed by atoms with Crippen LogP contribution in [0, 0.1) is 20.8 Å². The summed E-state index contributed by atoms with van der Waals surface area (Å²) in [6.07, 6.45) is 2.21. The molecule has 0 aliphatic rings. The summed E-state index contributed by atoms with van der Waals surface area (Å²) >= 11 is 3.43. The normalized spacial score (nSPS) is 10.8. The summed E-state index contributed by atoms with van der Waals surface area (Å²) in [7, 11) is 1.63. The number of nitrogens with zero attached hydrogens (tertiary/aromatic N) is 3. The van der Waals surface area contributed by atoms with Crippen LogP contribution in [0.3, 0.4) is 0 Å². The fourth-order valence-corrected chi connectivity index (χ4v) is 4.01. The first-order valence-electron chi connectivity index (χ1n) is 10.2. The van der Waals surface area contributed by atoms with Crippen molar-refractivity contribution in [1.82, 2.24) is 14.7 Å². The molecule has 6 nitrogen and oxygen atoms in total. The summed E-state index contributed by atoms with van der Waals surface area (Å²) in [5, 5.41) is 7.37. The lowest BCUT2D eigenvalue weighted by Gasteiger charge is -2.19. The van der Waals surface area contributed by atoms with Gasteiger partial charge in [-0.15, -0.1) is 0 Å². The van der Waals surface area contributed by atoms with Gasteiger partial charge in [0, 0.05) is 17.2 Å². The first-order valence-corrected chi connectivity index (χ1v) is 11.0. The van der Waals surface area contributed by atoms with Crippen LogP contribution in [0.4, 0.5) is 5.69 Å². The van der Waals surface area contributed by atoms with Crippen LogP contribution in [0.5, 0.6) is 0 Å². The van der Waals surface area contributed by atoms with Crippen LogP contribution in [-0.4, -0.2) is 40.1 Å². The Balaban J connectivity index is 1.76. The minimum Gasteiger partial charge on any atom is -0.332 e. The molecule has 3 aromatic rings. The quantitative estimate of drug-likeness (QED) is 0.546. The molecule has 0 fully saturated rings. The number of aryl methyl sites for hydroxylation is 3. The molecule has 0 bridgehead atoms. The number of hydrogen-bond acceptors (Lipinski definition) is 3. The van der Waals surface area contributed by atoms with Crippen LogP contribution in [0.25, 0.3) is 5.69 Å². The maximum absolute atomic E-state index is 13.1. The number of nitrogens with one attached hydrogen (secondary N) is 1. The minimum atomic E-state index is -0.232. The molecule has 1 aromatic heterocycles. The van der Waals surface area contributed by atoms with Gasteiger partial charge in [-0.25, -0.2) is 4.68 Å². The van der Waals surface area contributed by atoms with E-state index in [4.69, 9.17) is 0 Å². The Hall–Kier alpha value is -2.93. The Morgan fingerprint density at radius 2 is 1.71 bits per heavy atom. The highest BCUT2D eigenvalue weighted by Crippen LogP contribution is 2.22. The van der Waals surface area contributed by atoms with Crippen molar-refractivity contribution in [2.24, 2.45) is 0 Å². The van der Waals surface area contributed by atoms with Crippen LogP contribution in [0.2, 0.25) is 0 Å². The molecule has 0 aliphatic carbocycles. The van der Waals surface area contributed by atoms with Gasteiger partial charge in [-0.2, -0.15) is 5.10 Å². The highest BCUT2D eigenvalue weighted by atomic mass is 79.9. The number of likely N-dealkylation sites (N-methyl/N-ethyl adjacent to an activating group) is 1. The van der Waals surface area contributed by atoms with Gasteiger partial charge in [0.1, 0.15) is 0 Å². The summed E-state index contributed by atoms with van der Waals surface area (Å²) in [6, 6.07) is 11.8. The zero-order chi connectivity index (χ0) is 22.7. The molecule has 0 saturated carbocycles. The van der Waals surface area contributed by atoms with Gasteiger partial charge in [0.2, 0.25) is 5.91 Å². The number of anilines is 1. The predicted molar refractivity (Wildman–Crippen MR) is 127 cm³/mol. The van der Waals surface area contributed by atoms with Crippen LogP contribution in [0.15, 0.2) is 47.1 Å². The van der Waals surface area contributed by atoms with Crippen molar-refractivity contribution < 1.29 is 9.59 Å². The van der Waals surface area contributed by atoms with Gasteiger partial charge in [0.15, 0.2) is 0 Å². The van der Waals surface area contributed by atoms with Gasteiger partial charge in [-0.3, -0.25) is 9.59 Å². The molecular weight excluding hydrogens is 456 g/mol. The van der Waals surface area contributed by atoms with E-state index in [0.717, 1.165) is 38.2 Å². The molecule has 0 unspecified atom stereocenters. The summed E-state index contributed by atoms with van der Waals surface area (Å²) in [5.74, 6) is -0.461. The number of hydrogen-bond donors (Lipinski definition) is 1. The highest BCUT2D eigenvalue weighted by Gasteiger charge is 2.22. The molecule has 0 spiro atoms. The van der Waals surface area contributed by atoms with Crippen LogP contribution < -0.4 is 5.32 Å². The first kappa shape index (κ1) is 22.7. The van der Waals surface area contributed by atoms with E-state index in [9.17, 15) is 9.59 Å². The maximum Gasteiger partial charge on any atom is 0.257 e. The van der Waals surface area contributed by atoms with Gasteiger partial charge in [0.25, 0.3) is 5.91 Å². The highest BCUT2D eigenvalue weighted by molar-refractivity contribution is 9.10. The van der Waals surface area contributed by atoms with E-state index in [1.54, 1.807) is 17.9 Å². The zero-order valence-electron chi connectivity index (χ0n) is 18.5. The monoisotopic (exact) mass is 482 g/mol. The van der Waals surface area contributed by atoms with Crippen molar-refractivity contribution in [2.75, 3.05) is 18.9 Å². The molecule has 3 rings (SSSR count). The van der Waals surface area contributed by atoms with Gasteiger partial charge in [-0.1, -0.05) is 40.5 Å². The molecule has 0 atom stereocenters. The van der Waals surface area contributed by atoms with Crippen LogP contribution >= 0.6 is 15.9 Å². The largest absolute Gasteiger partial charge is 0.332 e. The number of benzene rings is 2. The van der Waals surface area contributed by atoms with E-state index in [1.165, 1.54) is 4.90 Å². The molecule has 1 heterocycles. The van der Waals surface area contributed by atoms with Crippen molar-refractivity contribution in [2.45, 2.75) is 34.1 Å². The van der Waals surface area contributed by atoms with Gasteiger partial charge in [0.05, 0.1) is 29.7 Å². The van der Waals surface area contributed by atoms with E-state index >= 15 is 0 Å². The Bertz CT molecular complexity index is 1100. The number of rotatable bonds is 6. The summed E-state index contributed by atoms with van der Waals surface area (Å²) < 4.78 is 2.75. The smallest absolute Gasteiger partial charge is 0.257 e. The summed E-state index contributed by atoms with van der Waals surface area (Å²) in [5.41, 5.74) is 6.15. The van der Waals surface area contributed by atoms with Crippen molar-refractivity contribution in [3.05, 3.63) is 75.0 Å². The maximum atomic E-state index is 13.1. The Labute approximate surface area is 191 Å². The van der Waals surface area contributed by atoms with Gasteiger partial charge in [-0.05, 0) is 62.6 Å². The number of carbonyl (C=O) groups is 2. The van der Waals surface area contributed by atoms with Crippen LogP contribution in [0.1, 0.15) is 39.7 Å². The standard InChI is InChI=1S/C24H27BrN4O2/c1-6-21-20(13-26-29(21)19-9-7-18(25)8-10-19)24(31)28(5)14-22(30)27-23-16(3)11-15(2)12-17(23)4/h7-13H,6,14H2,1-5H3,(H,27,30). The molecule has 0 radical (unpaired) electrons. The lowest BCUT2D eigenvalue weighted by molar-refractivity contribution is -0.116. The molecule has 2 aromatic carbocycles. The third kappa shape index (κ3) is 5.05. The zero-order valence-corrected chi connectivity index (χ0v) is 20.1. The molecule has 31 heavy (non-hydrogen) atoms. The Kier molecular flexibility index (Phi) is 6.95. The fraction of sp³-hybridized carbons (Fsp3) is 0.292. The Morgan fingerprint density at radius 1 is 1.10 bits per heavy atom. The first-order chi connectivity index (χ1) is 14.7. The summed E-state index contributed by atoms with van der Waals surface area (Å²) in [6.45, 7) is 7.90. The second-order valence-corrected chi connectivity index (χ2v) is 8.65. The SMILES string of the molecule is CCc1c(C(=O)N(C)CC(=O)Nc2c(C)cc(C)cc2C)cnn1-c1ccc(Br)cc1. The lowest BCUT2D eigenvalue weighted by Crippen LogP contribution is -2.35. The van der Waals surface area contributed by atoms with E-state index in [0.29, 0.717) is 12.0 Å². The predicted octanol–water partition coefficient (Wildman–Crippen LogP) is 4.83. The second kappa shape index (κ2) is 9.47. The fourth-order valence-electron chi connectivity index (χ4n) is 3.75. The summed E-state index contributed by atoms with van der Waals surface area (Å²) in [4.78, 5) is 27.1. The number of amides is 2. The number of carbonyl (C=O) groups excluding carboxylic acids is 2. The lowest BCUT2D eigenvalue weighted by atomic mass is 10.1. The molecule has 1 N–H and O–H groups in total. The molecule has 2 amide bonds. The molecule has 0 aliphatic heterocycles. The Morgan fingerprint density at radius 3 is 2.29 bits per heavy atom. The average Bonchev–Trinajstić information content (AvgIpc) is 3.14. The molecule has 0 saturated heterocycles. The van der Waals surface area contributed by atoms with E-state index < -0.39 is 0 Å². The van der Waals surface area contributed by atoms with Gasteiger partial charge < -0.3 is 10.2 Å². The average molecular weight is 483 g/mol. The van der Waals surface area contributed by atoms with Crippen LogP contribution in [-0.2, 0) is 11.2 Å². The van der Waals surface area contributed by atoms with E-state index in [-0.39, 0.29) is 18.4 Å². The van der Waals surface area contributed by atoms with E-state index in [1.807, 2.05) is 64.1 Å². The minimum absolute atomic E-state index is 0.0434. The van der Waals surface area contributed by atoms with Crippen molar-refractivity contribution in [1.29, 1.82) is 0 Å². The molecule has 162 valence electrons. The van der Waals surface area contributed by atoms with Crippen molar-refractivity contribution >= 4 is 33.4 Å². The molecule has 7 heteroatoms. The van der Waals surface area contributed by atoms with Crippen molar-refractivity contribution in [3.8, 4) is 5.69 Å². The topological polar surface area (TPSA) is 67.2 Å².